The lowest BCUT2D eigenvalue weighted by Gasteiger charge is -2.24. The Bertz CT molecular complexity index is 698. The molecule has 1 nitrogen and oxygen atoms in total. The summed E-state index contributed by atoms with van der Waals surface area (Å²) in [6, 6.07) is 20.2. The minimum Gasteiger partial charge on any atom is -0.375 e. The molecule has 19 heavy (non-hydrogen) atoms. The van der Waals surface area contributed by atoms with E-state index in [1.807, 2.05) is 53.9 Å². The maximum Gasteiger partial charge on any atom is 0.150 e. The fourth-order valence-corrected chi connectivity index (χ4v) is 3.81. The molecule has 4 rings (SSSR count). The van der Waals surface area contributed by atoms with Gasteiger partial charge in [-0.15, -0.1) is 11.3 Å². The molecule has 0 atom stereocenters. The fourth-order valence-electron chi connectivity index (χ4n) is 2.96. The second-order valence-electron chi connectivity index (χ2n) is 4.78. The molecule has 1 aromatic heterocycles. The van der Waals surface area contributed by atoms with Gasteiger partial charge in [-0.05, 0) is 22.6 Å². The summed E-state index contributed by atoms with van der Waals surface area (Å²) >= 11 is 1.60. The van der Waals surface area contributed by atoms with Gasteiger partial charge in [0.2, 0.25) is 0 Å². The molecule has 0 saturated carbocycles. The summed E-state index contributed by atoms with van der Waals surface area (Å²) in [5.74, 6) is 0. The number of aliphatic hydroxyl groups is 1. The van der Waals surface area contributed by atoms with Crippen molar-refractivity contribution < 1.29 is 5.11 Å². The van der Waals surface area contributed by atoms with Crippen molar-refractivity contribution in [2.45, 2.75) is 5.60 Å². The molecular formula is C17H12OS. The Balaban J connectivity index is 2.12. The van der Waals surface area contributed by atoms with Crippen molar-refractivity contribution in [2.24, 2.45) is 0 Å². The zero-order valence-electron chi connectivity index (χ0n) is 10.2. The Morgan fingerprint density at radius 2 is 1.32 bits per heavy atom. The van der Waals surface area contributed by atoms with Crippen LogP contribution in [0.5, 0.6) is 0 Å². The van der Waals surface area contributed by atoms with E-state index < -0.39 is 5.60 Å². The molecule has 0 bridgehead atoms. The van der Waals surface area contributed by atoms with Crippen LogP contribution in [0.25, 0.3) is 11.1 Å². The standard InChI is InChI=1S/C17H12OS/c18-17(16-10-5-11-19-16)14-8-3-1-6-12(14)13-7-2-4-9-15(13)17/h1-11,18H. The third-order valence-electron chi connectivity index (χ3n) is 3.80. The maximum atomic E-state index is 11.4. The highest BCUT2D eigenvalue weighted by Crippen LogP contribution is 2.51. The van der Waals surface area contributed by atoms with Crippen LogP contribution in [0.15, 0.2) is 66.0 Å². The minimum atomic E-state index is -0.999. The van der Waals surface area contributed by atoms with E-state index in [4.69, 9.17) is 0 Å². The maximum absolute atomic E-state index is 11.4. The monoisotopic (exact) mass is 264 g/mol. The van der Waals surface area contributed by atoms with Gasteiger partial charge in [0.15, 0.2) is 5.60 Å². The predicted molar refractivity (Wildman–Crippen MR) is 78.3 cm³/mol. The summed E-state index contributed by atoms with van der Waals surface area (Å²) in [7, 11) is 0. The van der Waals surface area contributed by atoms with E-state index in [2.05, 4.69) is 12.1 Å². The van der Waals surface area contributed by atoms with Crippen molar-refractivity contribution in [2.75, 3.05) is 0 Å². The van der Waals surface area contributed by atoms with Crippen molar-refractivity contribution in [3.8, 4) is 11.1 Å². The smallest absolute Gasteiger partial charge is 0.150 e. The van der Waals surface area contributed by atoms with E-state index >= 15 is 0 Å². The van der Waals surface area contributed by atoms with Crippen LogP contribution in [0.4, 0.5) is 0 Å². The van der Waals surface area contributed by atoms with Crippen LogP contribution in [-0.4, -0.2) is 5.11 Å². The van der Waals surface area contributed by atoms with E-state index in [0.29, 0.717) is 0 Å². The van der Waals surface area contributed by atoms with Gasteiger partial charge in [-0.25, -0.2) is 0 Å². The topological polar surface area (TPSA) is 20.2 Å². The summed E-state index contributed by atoms with van der Waals surface area (Å²) in [6.45, 7) is 0. The molecule has 0 radical (unpaired) electrons. The highest BCUT2D eigenvalue weighted by atomic mass is 32.1. The Morgan fingerprint density at radius 1 is 0.737 bits per heavy atom. The van der Waals surface area contributed by atoms with E-state index in [9.17, 15) is 5.11 Å². The van der Waals surface area contributed by atoms with Crippen LogP contribution in [0.1, 0.15) is 16.0 Å². The van der Waals surface area contributed by atoms with Crippen molar-refractivity contribution in [3.05, 3.63) is 82.0 Å². The second kappa shape index (κ2) is 3.80. The summed E-state index contributed by atoms with van der Waals surface area (Å²) in [6.07, 6.45) is 0. The van der Waals surface area contributed by atoms with Gasteiger partial charge >= 0.3 is 0 Å². The molecule has 3 aromatic rings. The molecule has 0 fully saturated rings. The van der Waals surface area contributed by atoms with Crippen LogP contribution >= 0.6 is 11.3 Å². The van der Waals surface area contributed by atoms with E-state index in [0.717, 1.165) is 27.1 Å². The van der Waals surface area contributed by atoms with Gasteiger partial charge in [0.25, 0.3) is 0 Å². The molecule has 0 amide bonds. The van der Waals surface area contributed by atoms with Crippen molar-refractivity contribution in [3.63, 3.8) is 0 Å². The quantitative estimate of drug-likeness (QED) is 0.704. The molecule has 1 N–H and O–H groups in total. The first-order valence-electron chi connectivity index (χ1n) is 6.27. The molecule has 0 unspecified atom stereocenters. The van der Waals surface area contributed by atoms with Crippen LogP contribution in [-0.2, 0) is 5.60 Å². The van der Waals surface area contributed by atoms with Gasteiger partial charge in [0.05, 0.1) is 0 Å². The zero-order valence-corrected chi connectivity index (χ0v) is 11.0. The number of hydrogen-bond acceptors (Lipinski definition) is 2. The van der Waals surface area contributed by atoms with Gasteiger partial charge in [-0.3, -0.25) is 0 Å². The Hall–Kier alpha value is -1.90. The molecule has 0 aliphatic heterocycles. The molecular weight excluding hydrogens is 252 g/mol. The lowest BCUT2D eigenvalue weighted by Crippen LogP contribution is -2.24. The summed E-state index contributed by atoms with van der Waals surface area (Å²) in [5, 5.41) is 13.4. The number of rotatable bonds is 1. The minimum absolute atomic E-state index is 0.977. The first-order chi connectivity index (χ1) is 9.32. The average molecular weight is 264 g/mol. The first-order valence-corrected chi connectivity index (χ1v) is 7.15. The molecule has 1 heterocycles. The Morgan fingerprint density at radius 3 is 1.84 bits per heavy atom. The Labute approximate surface area is 115 Å². The number of hydrogen-bond donors (Lipinski definition) is 1. The first kappa shape index (κ1) is 11.0. The van der Waals surface area contributed by atoms with Crippen LogP contribution in [0, 0.1) is 0 Å². The predicted octanol–water partition coefficient (Wildman–Crippen LogP) is 4.01. The molecule has 92 valence electrons. The lowest BCUT2D eigenvalue weighted by molar-refractivity contribution is 0.135. The van der Waals surface area contributed by atoms with Crippen LogP contribution < -0.4 is 0 Å². The zero-order chi connectivity index (χ0) is 12.9. The Kier molecular flexibility index (Phi) is 2.19. The third kappa shape index (κ3) is 1.33. The van der Waals surface area contributed by atoms with Crippen LogP contribution in [0.2, 0.25) is 0 Å². The summed E-state index contributed by atoms with van der Waals surface area (Å²) < 4.78 is 0. The summed E-state index contributed by atoms with van der Waals surface area (Å²) in [5.41, 5.74) is 3.24. The van der Waals surface area contributed by atoms with Crippen molar-refractivity contribution >= 4 is 11.3 Å². The van der Waals surface area contributed by atoms with Crippen molar-refractivity contribution in [1.29, 1.82) is 0 Å². The highest BCUT2D eigenvalue weighted by molar-refractivity contribution is 7.10. The fraction of sp³-hybridized carbons (Fsp3) is 0.0588. The second-order valence-corrected chi connectivity index (χ2v) is 5.73. The SMILES string of the molecule is OC1(c2cccs2)c2ccccc2-c2ccccc21. The van der Waals surface area contributed by atoms with E-state index in [1.54, 1.807) is 11.3 Å². The van der Waals surface area contributed by atoms with Gasteiger partial charge in [-0.1, -0.05) is 54.6 Å². The van der Waals surface area contributed by atoms with Crippen LogP contribution in [0.3, 0.4) is 0 Å². The molecule has 1 aliphatic carbocycles. The van der Waals surface area contributed by atoms with E-state index in [1.165, 1.54) is 0 Å². The van der Waals surface area contributed by atoms with Gasteiger partial charge in [0, 0.05) is 16.0 Å². The molecule has 0 spiro atoms. The highest BCUT2D eigenvalue weighted by Gasteiger charge is 2.43. The average Bonchev–Trinajstić information content (AvgIpc) is 3.08. The van der Waals surface area contributed by atoms with Gasteiger partial charge in [-0.2, -0.15) is 0 Å². The normalized spacial score (nSPS) is 15.0. The number of benzene rings is 2. The third-order valence-corrected chi connectivity index (χ3v) is 4.78. The van der Waals surface area contributed by atoms with Crippen molar-refractivity contribution in [1.82, 2.24) is 0 Å². The lowest BCUT2D eigenvalue weighted by atomic mass is 9.90. The molecule has 2 heteroatoms. The van der Waals surface area contributed by atoms with E-state index in [-0.39, 0.29) is 0 Å². The largest absolute Gasteiger partial charge is 0.375 e. The number of thiophene rings is 1. The molecule has 1 aliphatic rings. The van der Waals surface area contributed by atoms with Gasteiger partial charge < -0.3 is 5.11 Å². The molecule has 2 aromatic carbocycles. The summed E-state index contributed by atoms with van der Waals surface area (Å²) in [4.78, 5) is 0.977. The number of fused-ring (bicyclic) bond motifs is 3. The molecule has 0 saturated heterocycles. The van der Waals surface area contributed by atoms with Gasteiger partial charge in [0.1, 0.15) is 0 Å².